The highest BCUT2D eigenvalue weighted by Crippen LogP contribution is 2.71. The van der Waals surface area contributed by atoms with Crippen LogP contribution in [-0.4, -0.2) is 36.6 Å². The van der Waals surface area contributed by atoms with Crippen molar-refractivity contribution < 1.29 is 9.47 Å². The molecule has 4 aliphatic rings. The lowest BCUT2D eigenvalue weighted by Crippen LogP contribution is -2.68. The normalized spacial score (nSPS) is 32.4. The highest BCUT2D eigenvalue weighted by molar-refractivity contribution is 5.84. The first-order valence-electron chi connectivity index (χ1n) is 11.4. The molecule has 0 amide bonds. The van der Waals surface area contributed by atoms with Gasteiger partial charge in [0.2, 0.25) is 0 Å². The molecule has 2 bridgehead atoms. The molecule has 1 fully saturated rings. The van der Waals surface area contributed by atoms with Gasteiger partial charge in [-0.1, -0.05) is 31.2 Å². The summed E-state index contributed by atoms with van der Waals surface area (Å²) in [4.78, 5) is 7.86. The van der Waals surface area contributed by atoms with Crippen molar-refractivity contribution in [1.29, 1.82) is 0 Å². The smallest absolute Gasteiger partial charge is 0.166 e. The minimum absolute atomic E-state index is 0.0451. The van der Waals surface area contributed by atoms with E-state index in [4.69, 9.17) is 14.5 Å². The molecule has 1 saturated heterocycles. The number of ether oxygens (including phenoxy) is 2. The molecule has 7 rings (SSSR count). The number of piperidine rings is 1. The van der Waals surface area contributed by atoms with Crippen molar-refractivity contribution in [1.82, 2.24) is 9.88 Å². The Morgan fingerprint density at radius 1 is 1.19 bits per heavy atom. The van der Waals surface area contributed by atoms with Gasteiger partial charge in [-0.15, -0.1) is 0 Å². The lowest BCUT2D eigenvalue weighted by atomic mass is 9.44. The van der Waals surface area contributed by atoms with Gasteiger partial charge in [0.1, 0.15) is 0 Å². The number of nitrogens with zero attached hydrogens (tertiary/aromatic N) is 2. The summed E-state index contributed by atoms with van der Waals surface area (Å²) >= 11 is 0. The molecule has 0 N–H and O–H groups in total. The fourth-order valence-electron chi connectivity index (χ4n) is 7.71. The molecule has 4 nitrogen and oxygen atoms in total. The van der Waals surface area contributed by atoms with E-state index in [2.05, 4.69) is 62.2 Å². The highest BCUT2D eigenvalue weighted by Gasteiger charge is 2.70. The third-order valence-electron chi connectivity index (χ3n) is 9.22. The van der Waals surface area contributed by atoms with Gasteiger partial charge in [0.25, 0.3) is 0 Å². The number of pyridine rings is 1. The van der Waals surface area contributed by atoms with Crippen LogP contribution in [0.1, 0.15) is 47.4 Å². The van der Waals surface area contributed by atoms with E-state index >= 15 is 0 Å². The van der Waals surface area contributed by atoms with E-state index in [9.17, 15) is 0 Å². The van der Waals surface area contributed by atoms with Crippen molar-refractivity contribution in [3.8, 4) is 11.5 Å². The molecule has 1 aromatic heterocycles. The molecular formula is C27H28N2O2. The zero-order valence-corrected chi connectivity index (χ0v) is 18.7. The molecule has 0 radical (unpaired) electrons. The van der Waals surface area contributed by atoms with Crippen molar-refractivity contribution in [2.75, 3.05) is 20.7 Å². The number of hydrogen-bond acceptors (Lipinski definition) is 4. The SMILES string of the molecule is COc1ccc2c3c1OC1c4nc5ccccc5c(C)c4C[C@@]4(C)[C@@H](C2)N(C)CC[C@]314. The first-order valence-corrected chi connectivity index (χ1v) is 11.4. The standard InChI is InChI=1S/C27H28N2O2/c1-15-17-7-5-6-8-19(17)28-23-18(15)14-26(2)21-13-16-9-10-20(30-4)24-22(16)27(26,25(23)31-24)11-12-29(21)3/h5-10,21,25H,11-14H2,1-4H3/t21-,25?,26+,27+/m1/s1. The number of benzene rings is 2. The number of aromatic nitrogens is 1. The van der Waals surface area contributed by atoms with Crippen LogP contribution in [0.5, 0.6) is 11.5 Å². The fourth-order valence-corrected chi connectivity index (χ4v) is 7.71. The fraction of sp³-hybridized carbons (Fsp3) is 0.444. The van der Waals surface area contributed by atoms with Crippen molar-refractivity contribution >= 4 is 10.9 Å². The van der Waals surface area contributed by atoms with Crippen molar-refractivity contribution in [3.63, 3.8) is 0 Å². The summed E-state index contributed by atoms with van der Waals surface area (Å²) in [6, 6.07) is 13.4. The first-order chi connectivity index (χ1) is 15.0. The summed E-state index contributed by atoms with van der Waals surface area (Å²) < 4.78 is 12.7. The third kappa shape index (κ3) is 1.87. The number of rotatable bonds is 1. The van der Waals surface area contributed by atoms with Crippen LogP contribution in [0.2, 0.25) is 0 Å². The topological polar surface area (TPSA) is 34.6 Å². The molecule has 4 atom stereocenters. The van der Waals surface area contributed by atoms with Gasteiger partial charge < -0.3 is 14.4 Å². The molecule has 0 saturated carbocycles. The van der Waals surface area contributed by atoms with Gasteiger partial charge >= 0.3 is 0 Å². The van der Waals surface area contributed by atoms with Crippen LogP contribution in [0, 0.1) is 12.3 Å². The van der Waals surface area contributed by atoms with Gasteiger partial charge in [-0.05, 0) is 68.6 Å². The van der Waals surface area contributed by atoms with E-state index in [1.807, 2.05) is 0 Å². The van der Waals surface area contributed by atoms with E-state index in [-0.39, 0.29) is 16.9 Å². The van der Waals surface area contributed by atoms with Crippen LogP contribution in [0.4, 0.5) is 0 Å². The monoisotopic (exact) mass is 412 g/mol. The minimum atomic E-state index is -0.0499. The van der Waals surface area contributed by atoms with Gasteiger partial charge in [-0.2, -0.15) is 0 Å². The number of para-hydroxylation sites is 1. The van der Waals surface area contributed by atoms with Crippen LogP contribution >= 0.6 is 0 Å². The van der Waals surface area contributed by atoms with Gasteiger partial charge in [-0.25, -0.2) is 4.98 Å². The molecular weight excluding hydrogens is 384 g/mol. The molecule has 1 unspecified atom stereocenters. The number of aryl methyl sites for hydroxylation is 1. The molecule has 4 heteroatoms. The molecule has 3 heterocycles. The highest BCUT2D eigenvalue weighted by atomic mass is 16.5. The quantitative estimate of drug-likeness (QED) is 0.578. The van der Waals surface area contributed by atoms with Gasteiger partial charge in [0.05, 0.1) is 23.7 Å². The van der Waals surface area contributed by atoms with Crippen LogP contribution in [0.25, 0.3) is 10.9 Å². The second kappa shape index (κ2) is 5.60. The molecule has 31 heavy (non-hydrogen) atoms. The van der Waals surface area contributed by atoms with E-state index in [0.29, 0.717) is 6.04 Å². The van der Waals surface area contributed by atoms with Crippen LogP contribution in [-0.2, 0) is 18.3 Å². The number of likely N-dealkylation sites (N-methyl/N-ethyl adjacent to an activating group) is 1. The lowest BCUT2D eigenvalue weighted by Gasteiger charge is -2.64. The lowest BCUT2D eigenvalue weighted by molar-refractivity contribution is -0.0911. The predicted molar refractivity (Wildman–Crippen MR) is 121 cm³/mol. The maximum absolute atomic E-state index is 6.93. The Morgan fingerprint density at radius 2 is 2.03 bits per heavy atom. The molecule has 158 valence electrons. The zero-order valence-electron chi connectivity index (χ0n) is 18.7. The van der Waals surface area contributed by atoms with E-state index in [0.717, 1.165) is 48.5 Å². The van der Waals surface area contributed by atoms with E-state index in [1.165, 1.54) is 27.6 Å². The molecule has 2 aliphatic heterocycles. The first kappa shape index (κ1) is 18.0. The summed E-state index contributed by atoms with van der Waals surface area (Å²) in [6.45, 7) is 5.90. The molecule has 1 spiro atoms. The average molecular weight is 413 g/mol. The zero-order chi connectivity index (χ0) is 21.1. The van der Waals surface area contributed by atoms with E-state index < -0.39 is 0 Å². The third-order valence-corrected chi connectivity index (χ3v) is 9.22. The van der Waals surface area contributed by atoms with Crippen LogP contribution in [0.3, 0.4) is 0 Å². The number of methoxy groups -OCH3 is 1. The Morgan fingerprint density at radius 3 is 2.87 bits per heavy atom. The molecule has 2 aromatic carbocycles. The predicted octanol–water partition coefficient (Wildman–Crippen LogP) is 4.75. The largest absolute Gasteiger partial charge is 0.493 e. The maximum atomic E-state index is 6.93. The summed E-state index contributed by atoms with van der Waals surface area (Å²) in [5.74, 6) is 1.83. The van der Waals surface area contributed by atoms with Gasteiger partial charge in [-0.3, -0.25) is 0 Å². The second-order valence-electron chi connectivity index (χ2n) is 10.3. The number of likely N-dealkylation sites (tertiary alicyclic amines) is 1. The van der Waals surface area contributed by atoms with E-state index in [1.54, 1.807) is 7.11 Å². The summed E-state index contributed by atoms with van der Waals surface area (Å²) in [5.41, 5.74) is 7.91. The maximum Gasteiger partial charge on any atom is 0.166 e. The van der Waals surface area contributed by atoms with Crippen molar-refractivity contribution in [2.45, 2.75) is 50.7 Å². The van der Waals surface area contributed by atoms with Gasteiger partial charge in [0.15, 0.2) is 17.6 Å². The molecule has 2 aliphatic carbocycles. The number of hydrogen-bond donors (Lipinski definition) is 0. The van der Waals surface area contributed by atoms with Crippen LogP contribution in [0.15, 0.2) is 36.4 Å². The Hall–Kier alpha value is -2.59. The molecule has 3 aromatic rings. The number of fused-ring (bicyclic) bond motifs is 3. The minimum Gasteiger partial charge on any atom is -0.493 e. The Kier molecular flexibility index (Phi) is 3.26. The summed E-state index contributed by atoms with van der Waals surface area (Å²) in [6.07, 6.45) is 3.18. The summed E-state index contributed by atoms with van der Waals surface area (Å²) in [5, 5.41) is 1.27. The summed E-state index contributed by atoms with van der Waals surface area (Å²) in [7, 11) is 4.06. The van der Waals surface area contributed by atoms with Crippen molar-refractivity contribution in [3.05, 3.63) is 64.3 Å². The Balaban J connectivity index is 1.60. The Bertz CT molecular complexity index is 1280. The van der Waals surface area contributed by atoms with Gasteiger partial charge in [0, 0.05) is 22.4 Å². The van der Waals surface area contributed by atoms with Crippen molar-refractivity contribution in [2.24, 2.45) is 5.41 Å². The second-order valence-corrected chi connectivity index (χ2v) is 10.3. The Labute approximate surface area is 183 Å². The van der Waals surface area contributed by atoms with Crippen LogP contribution < -0.4 is 9.47 Å². The average Bonchev–Trinajstić information content (AvgIpc) is 3.13.